The smallest absolute Gasteiger partial charge is 0.165 e. The molecule has 0 bridgehead atoms. The van der Waals surface area contributed by atoms with Crippen LogP contribution in [0.15, 0.2) is 24.5 Å². The van der Waals surface area contributed by atoms with Crippen molar-refractivity contribution >= 4 is 28.6 Å². The van der Waals surface area contributed by atoms with Crippen LogP contribution in [0.25, 0.3) is 11.2 Å². The number of rotatable bonds is 8. The van der Waals surface area contributed by atoms with Crippen LogP contribution in [0.3, 0.4) is 0 Å². The number of alkyl halides is 1. The topological polar surface area (TPSA) is 88.1 Å². The van der Waals surface area contributed by atoms with Crippen molar-refractivity contribution in [3.05, 3.63) is 35.9 Å². The lowest BCUT2D eigenvalue weighted by Gasteiger charge is -2.12. The average Bonchev–Trinajstić information content (AvgIpc) is 3.01. The van der Waals surface area contributed by atoms with E-state index in [2.05, 4.69) is 14.5 Å². The molecule has 0 saturated heterocycles. The first-order valence-corrected chi connectivity index (χ1v) is 8.93. The van der Waals surface area contributed by atoms with Gasteiger partial charge in [-0.1, -0.05) is 0 Å². The molecule has 0 fully saturated rings. The lowest BCUT2D eigenvalue weighted by molar-refractivity contribution is 0.399. The monoisotopic (exact) mass is 375 g/mol. The number of nitrogen functional groups attached to an aromatic ring is 1. The minimum Gasteiger partial charge on any atom is -0.497 e. The number of unbranched alkanes of at least 4 members (excludes halogenated alkanes) is 1. The van der Waals surface area contributed by atoms with E-state index in [4.69, 9.17) is 31.8 Å². The van der Waals surface area contributed by atoms with Crippen LogP contribution in [-0.4, -0.2) is 39.6 Å². The lowest BCUT2D eigenvalue weighted by Crippen LogP contribution is -2.07. The number of ether oxygens (including phenoxy) is 2. The molecule has 0 unspecified atom stereocenters. The molecule has 138 valence electrons. The Morgan fingerprint density at radius 3 is 2.73 bits per heavy atom. The maximum Gasteiger partial charge on any atom is 0.165 e. The summed E-state index contributed by atoms with van der Waals surface area (Å²) in [7, 11) is 3.29. The average molecular weight is 376 g/mol. The van der Waals surface area contributed by atoms with Gasteiger partial charge in [-0.15, -0.1) is 11.6 Å². The van der Waals surface area contributed by atoms with E-state index >= 15 is 0 Å². The van der Waals surface area contributed by atoms with E-state index in [1.54, 1.807) is 14.2 Å². The Morgan fingerprint density at radius 2 is 2.00 bits per heavy atom. The normalized spacial score (nSPS) is 11.0. The molecule has 1 aromatic carbocycles. The maximum absolute atomic E-state index is 6.00. The number of methoxy groups -OCH3 is 2. The standard InChI is InChI=1S/C18H22ClN5O2/c1-25-13-5-6-14(26-2)12(9-13)10-15-23-16-17(20)21-11-22-18(16)24(15)8-4-3-7-19/h5-6,9,11H,3-4,7-8,10H2,1-2H3,(H2,20,21,22). The molecule has 0 aliphatic heterocycles. The molecule has 0 spiro atoms. The van der Waals surface area contributed by atoms with E-state index < -0.39 is 0 Å². The highest BCUT2D eigenvalue weighted by atomic mass is 35.5. The van der Waals surface area contributed by atoms with Gasteiger partial charge in [0, 0.05) is 24.4 Å². The van der Waals surface area contributed by atoms with E-state index in [-0.39, 0.29) is 0 Å². The van der Waals surface area contributed by atoms with E-state index in [1.807, 2.05) is 18.2 Å². The van der Waals surface area contributed by atoms with Crippen LogP contribution in [0.4, 0.5) is 5.82 Å². The zero-order valence-electron chi connectivity index (χ0n) is 14.9. The maximum atomic E-state index is 6.00. The molecule has 0 saturated carbocycles. The summed E-state index contributed by atoms with van der Waals surface area (Å²) in [6.07, 6.45) is 3.88. The zero-order chi connectivity index (χ0) is 18.5. The van der Waals surface area contributed by atoms with Crippen molar-refractivity contribution in [3.63, 3.8) is 0 Å². The number of hydrogen-bond acceptors (Lipinski definition) is 6. The van der Waals surface area contributed by atoms with E-state index in [9.17, 15) is 0 Å². The van der Waals surface area contributed by atoms with Crippen molar-refractivity contribution < 1.29 is 9.47 Å². The molecule has 3 rings (SSSR count). The van der Waals surface area contributed by atoms with Gasteiger partial charge in [0.1, 0.15) is 23.7 Å². The molecule has 8 heteroatoms. The van der Waals surface area contributed by atoms with Gasteiger partial charge in [-0.3, -0.25) is 0 Å². The summed E-state index contributed by atoms with van der Waals surface area (Å²) in [5.74, 6) is 3.41. The summed E-state index contributed by atoms with van der Waals surface area (Å²) in [6.45, 7) is 0.765. The first-order chi connectivity index (χ1) is 12.7. The third-order valence-corrected chi connectivity index (χ3v) is 4.51. The summed E-state index contributed by atoms with van der Waals surface area (Å²) >= 11 is 5.83. The summed E-state index contributed by atoms with van der Waals surface area (Å²) < 4.78 is 12.9. The Labute approximate surface area is 157 Å². The minimum absolute atomic E-state index is 0.380. The van der Waals surface area contributed by atoms with Gasteiger partial charge in [0.2, 0.25) is 0 Å². The SMILES string of the molecule is COc1ccc(OC)c(Cc2nc3c(N)ncnc3n2CCCCCl)c1. The van der Waals surface area contributed by atoms with Gasteiger partial charge in [-0.2, -0.15) is 0 Å². The number of nitrogens with two attached hydrogens (primary N) is 1. The number of imidazole rings is 1. The van der Waals surface area contributed by atoms with Crippen LogP contribution in [0.5, 0.6) is 11.5 Å². The van der Waals surface area contributed by atoms with Crippen LogP contribution in [0.2, 0.25) is 0 Å². The molecular formula is C18H22ClN5O2. The van der Waals surface area contributed by atoms with Crippen molar-refractivity contribution in [2.75, 3.05) is 25.8 Å². The largest absolute Gasteiger partial charge is 0.497 e. The summed E-state index contributed by atoms with van der Waals surface area (Å²) in [4.78, 5) is 13.1. The number of fused-ring (bicyclic) bond motifs is 1. The summed E-state index contributed by atoms with van der Waals surface area (Å²) in [5, 5.41) is 0. The summed E-state index contributed by atoms with van der Waals surface area (Å²) in [6, 6.07) is 5.72. The molecule has 26 heavy (non-hydrogen) atoms. The van der Waals surface area contributed by atoms with Crippen molar-refractivity contribution in [1.29, 1.82) is 0 Å². The van der Waals surface area contributed by atoms with Gasteiger partial charge in [-0.25, -0.2) is 15.0 Å². The number of benzene rings is 1. The molecule has 3 aromatic rings. The van der Waals surface area contributed by atoms with E-state index in [0.717, 1.165) is 47.9 Å². The molecule has 7 nitrogen and oxygen atoms in total. The second-order valence-electron chi connectivity index (χ2n) is 5.86. The number of aryl methyl sites for hydroxylation is 1. The van der Waals surface area contributed by atoms with Crippen LogP contribution in [0, 0.1) is 0 Å². The van der Waals surface area contributed by atoms with Crippen molar-refractivity contribution in [3.8, 4) is 11.5 Å². The van der Waals surface area contributed by atoms with Crippen LogP contribution in [0.1, 0.15) is 24.2 Å². The Kier molecular flexibility index (Phi) is 5.78. The molecule has 0 amide bonds. The predicted octanol–water partition coefficient (Wildman–Crippen LogP) is 3.04. The summed E-state index contributed by atoms with van der Waals surface area (Å²) in [5.41, 5.74) is 8.33. The second kappa shape index (κ2) is 8.23. The third kappa shape index (κ3) is 3.67. The first kappa shape index (κ1) is 18.3. The van der Waals surface area contributed by atoms with Crippen molar-refractivity contribution in [1.82, 2.24) is 19.5 Å². The molecular weight excluding hydrogens is 354 g/mol. The number of nitrogens with zero attached hydrogens (tertiary/aromatic N) is 4. The number of anilines is 1. The number of hydrogen-bond donors (Lipinski definition) is 1. The second-order valence-corrected chi connectivity index (χ2v) is 6.24. The highest BCUT2D eigenvalue weighted by molar-refractivity contribution is 6.17. The van der Waals surface area contributed by atoms with Crippen molar-refractivity contribution in [2.24, 2.45) is 0 Å². The van der Waals surface area contributed by atoms with Gasteiger partial charge >= 0.3 is 0 Å². The van der Waals surface area contributed by atoms with Gasteiger partial charge in [0.15, 0.2) is 17.0 Å². The molecule has 2 heterocycles. The highest BCUT2D eigenvalue weighted by Gasteiger charge is 2.17. The quantitative estimate of drug-likeness (QED) is 0.481. The number of aromatic nitrogens is 4. The van der Waals surface area contributed by atoms with Crippen LogP contribution < -0.4 is 15.2 Å². The van der Waals surface area contributed by atoms with Crippen LogP contribution in [-0.2, 0) is 13.0 Å². The zero-order valence-corrected chi connectivity index (χ0v) is 15.7. The van der Waals surface area contributed by atoms with Gasteiger partial charge in [0.25, 0.3) is 0 Å². The molecule has 0 radical (unpaired) electrons. The Hall–Kier alpha value is -2.54. The van der Waals surface area contributed by atoms with E-state index in [0.29, 0.717) is 23.6 Å². The molecule has 0 aliphatic carbocycles. The first-order valence-electron chi connectivity index (χ1n) is 8.40. The Morgan fingerprint density at radius 1 is 1.15 bits per heavy atom. The van der Waals surface area contributed by atoms with E-state index in [1.165, 1.54) is 6.33 Å². The molecule has 0 aliphatic rings. The van der Waals surface area contributed by atoms with Crippen molar-refractivity contribution in [2.45, 2.75) is 25.8 Å². The number of halogens is 1. The molecule has 2 aromatic heterocycles. The lowest BCUT2D eigenvalue weighted by atomic mass is 10.1. The van der Waals surface area contributed by atoms with Gasteiger partial charge < -0.3 is 19.8 Å². The molecule has 0 atom stereocenters. The predicted molar refractivity (Wildman–Crippen MR) is 102 cm³/mol. The fourth-order valence-corrected chi connectivity index (χ4v) is 3.11. The molecule has 2 N–H and O–H groups in total. The van der Waals surface area contributed by atoms with Crippen LogP contribution >= 0.6 is 11.6 Å². The Bertz CT molecular complexity index is 897. The van der Waals surface area contributed by atoms with Gasteiger partial charge in [0.05, 0.1) is 14.2 Å². The van der Waals surface area contributed by atoms with Gasteiger partial charge in [-0.05, 0) is 31.0 Å². The third-order valence-electron chi connectivity index (χ3n) is 4.24. The Balaban J connectivity index is 2.04. The fourth-order valence-electron chi connectivity index (χ4n) is 2.92. The minimum atomic E-state index is 0.380. The fraction of sp³-hybridized carbons (Fsp3) is 0.389. The highest BCUT2D eigenvalue weighted by Crippen LogP contribution is 2.28.